The van der Waals surface area contributed by atoms with Gasteiger partial charge in [-0.3, -0.25) is 4.79 Å². The van der Waals surface area contributed by atoms with E-state index in [0.29, 0.717) is 17.2 Å². The topological polar surface area (TPSA) is 74.2 Å². The molecule has 1 aromatic carbocycles. The summed E-state index contributed by atoms with van der Waals surface area (Å²) >= 11 is 1.39. The van der Waals surface area contributed by atoms with Crippen LogP contribution < -0.4 is 15.1 Å². The second kappa shape index (κ2) is 9.34. The van der Waals surface area contributed by atoms with Crippen LogP contribution in [0.25, 0.3) is 10.2 Å². The van der Waals surface area contributed by atoms with Crippen LogP contribution in [0, 0.1) is 19.7 Å². The fourth-order valence-corrected chi connectivity index (χ4v) is 5.36. The lowest BCUT2D eigenvalue weighted by molar-refractivity contribution is 0.0954. The maximum absolute atomic E-state index is 13.1. The molecule has 1 aliphatic rings. The second-order valence-electron chi connectivity index (χ2n) is 8.30. The minimum absolute atomic E-state index is 0.159. The summed E-state index contributed by atoms with van der Waals surface area (Å²) in [6, 6.07) is 12.1. The van der Waals surface area contributed by atoms with E-state index in [0.717, 1.165) is 59.2 Å². The van der Waals surface area contributed by atoms with E-state index in [4.69, 9.17) is 4.98 Å². The van der Waals surface area contributed by atoms with E-state index >= 15 is 0 Å². The van der Waals surface area contributed by atoms with Gasteiger partial charge in [0.2, 0.25) is 0 Å². The molecule has 0 radical (unpaired) electrons. The Labute approximate surface area is 201 Å². The Kier molecular flexibility index (Phi) is 6.10. The third-order valence-electron chi connectivity index (χ3n) is 6.01. The van der Waals surface area contributed by atoms with E-state index in [1.165, 1.54) is 23.5 Å². The summed E-state index contributed by atoms with van der Waals surface area (Å²) in [5.74, 6) is 2.10. The Morgan fingerprint density at radius 3 is 2.47 bits per heavy atom. The van der Waals surface area contributed by atoms with Crippen LogP contribution in [-0.4, -0.2) is 47.0 Å². The highest BCUT2D eigenvalue weighted by molar-refractivity contribution is 7.20. The van der Waals surface area contributed by atoms with E-state index in [2.05, 4.69) is 25.1 Å². The number of hydrogen-bond donors (Lipinski definition) is 1. The fraction of sp³-hybridized carbons (Fsp3) is 0.280. The molecule has 9 heteroatoms. The van der Waals surface area contributed by atoms with Gasteiger partial charge in [-0.2, -0.15) is 0 Å². The van der Waals surface area contributed by atoms with Crippen molar-refractivity contribution in [3.8, 4) is 0 Å². The lowest BCUT2D eigenvalue weighted by Crippen LogP contribution is -2.47. The number of aromatic nitrogens is 3. The van der Waals surface area contributed by atoms with Crippen LogP contribution in [-0.2, 0) is 6.54 Å². The minimum atomic E-state index is -0.294. The zero-order chi connectivity index (χ0) is 23.7. The van der Waals surface area contributed by atoms with Gasteiger partial charge in [-0.05, 0) is 49.2 Å². The zero-order valence-electron chi connectivity index (χ0n) is 19.1. The number of anilines is 2. The third kappa shape index (κ3) is 4.43. The number of aryl methyl sites for hydroxylation is 2. The van der Waals surface area contributed by atoms with Crippen LogP contribution in [0.1, 0.15) is 26.6 Å². The number of piperazine rings is 1. The van der Waals surface area contributed by atoms with Crippen molar-refractivity contribution in [2.45, 2.75) is 20.4 Å². The molecular formula is C25H25FN6OS. The lowest BCUT2D eigenvalue weighted by atomic mass is 10.1. The number of halogens is 1. The van der Waals surface area contributed by atoms with E-state index in [1.54, 1.807) is 12.1 Å². The predicted molar refractivity (Wildman–Crippen MR) is 133 cm³/mol. The average molecular weight is 477 g/mol. The SMILES string of the molecule is Cc1nc(N2CCN(c3ccccn3)CC2)c2c(C)c(C(=O)NCc3ccc(F)cc3)sc2n1. The molecule has 7 nitrogen and oxygen atoms in total. The molecule has 34 heavy (non-hydrogen) atoms. The van der Waals surface area contributed by atoms with Gasteiger partial charge < -0.3 is 15.1 Å². The summed E-state index contributed by atoms with van der Waals surface area (Å²) in [6.07, 6.45) is 1.82. The van der Waals surface area contributed by atoms with Gasteiger partial charge in [0, 0.05) is 38.9 Å². The van der Waals surface area contributed by atoms with Gasteiger partial charge in [-0.25, -0.2) is 19.3 Å². The number of nitrogens with zero attached hydrogens (tertiary/aromatic N) is 5. The van der Waals surface area contributed by atoms with Crippen LogP contribution in [0.5, 0.6) is 0 Å². The summed E-state index contributed by atoms with van der Waals surface area (Å²) < 4.78 is 13.1. The summed E-state index contributed by atoms with van der Waals surface area (Å²) in [5.41, 5.74) is 1.73. The van der Waals surface area contributed by atoms with E-state index < -0.39 is 0 Å². The number of nitrogens with one attached hydrogen (secondary N) is 1. The van der Waals surface area contributed by atoms with Gasteiger partial charge in [0.25, 0.3) is 5.91 Å². The van der Waals surface area contributed by atoms with Crippen LogP contribution in [0.3, 0.4) is 0 Å². The van der Waals surface area contributed by atoms with Gasteiger partial charge in [0.15, 0.2) is 0 Å². The first-order chi connectivity index (χ1) is 16.5. The summed E-state index contributed by atoms with van der Waals surface area (Å²) in [6.45, 7) is 7.48. The average Bonchev–Trinajstić information content (AvgIpc) is 3.19. The lowest BCUT2D eigenvalue weighted by Gasteiger charge is -2.36. The van der Waals surface area contributed by atoms with Crippen molar-refractivity contribution in [2.75, 3.05) is 36.0 Å². The summed E-state index contributed by atoms with van der Waals surface area (Å²) in [5, 5.41) is 3.89. The molecule has 1 amide bonds. The molecule has 1 saturated heterocycles. The molecule has 4 heterocycles. The Morgan fingerprint density at radius 2 is 1.76 bits per heavy atom. The van der Waals surface area contributed by atoms with Gasteiger partial charge in [0.05, 0.1) is 10.3 Å². The van der Waals surface area contributed by atoms with E-state index in [-0.39, 0.29) is 11.7 Å². The summed E-state index contributed by atoms with van der Waals surface area (Å²) in [7, 11) is 0. The Bertz CT molecular complexity index is 1320. The van der Waals surface area contributed by atoms with Crippen molar-refractivity contribution in [3.63, 3.8) is 0 Å². The first-order valence-corrected chi connectivity index (χ1v) is 12.0. The predicted octanol–water partition coefficient (Wildman–Crippen LogP) is 4.10. The number of rotatable bonds is 5. The summed E-state index contributed by atoms with van der Waals surface area (Å²) in [4.78, 5) is 32.9. The Hall–Kier alpha value is -3.59. The fourth-order valence-electron chi connectivity index (χ4n) is 4.22. The highest BCUT2D eigenvalue weighted by Crippen LogP contribution is 2.36. The van der Waals surface area contributed by atoms with Crippen molar-refractivity contribution >= 4 is 39.1 Å². The van der Waals surface area contributed by atoms with Gasteiger partial charge in [-0.15, -0.1) is 11.3 Å². The molecule has 174 valence electrons. The molecule has 0 unspecified atom stereocenters. The van der Waals surface area contributed by atoms with Gasteiger partial charge in [0.1, 0.15) is 28.1 Å². The zero-order valence-corrected chi connectivity index (χ0v) is 19.9. The maximum Gasteiger partial charge on any atom is 0.261 e. The van der Waals surface area contributed by atoms with Crippen molar-refractivity contribution in [1.82, 2.24) is 20.3 Å². The standard InChI is InChI=1S/C25H25FN6OS/c1-16-21-23(32-13-11-31(12-14-32)20-5-3-4-10-27-20)29-17(2)30-25(21)34-22(16)24(33)28-15-18-6-8-19(26)9-7-18/h3-10H,11-15H2,1-2H3,(H,28,33). The molecule has 1 N–H and O–H groups in total. The van der Waals surface area contributed by atoms with Crippen LogP contribution >= 0.6 is 11.3 Å². The highest BCUT2D eigenvalue weighted by atomic mass is 32.1. The van der Waals surface area contributed by atoms with E-state index in [1.807, 2.05) is 38.2 Å². The van der Waals surface area contributed by atoms with Gasteiger partial charge in [-0.1, -0.05) is 18.2 Å². The minimum Gasteiger partial charge on any atom is -0.353 e. The number of amides is 1. The monoisotopic (exact) mass is 476 g/mol. The molecule has 0 aliphatic carbocycles. The van der Waals surface area contributed by atoms with Crippen molar-refractivity contribution < 1.29 is 9.18 Å². The number of hydrogen-bond acceptors (Lipinski definition) is 7. The molecule has 0 bridgehead atoms. The Balaban J connectivity index is 1.37. The quantitative estimate of drug-likeness (QED) is 0.468. The molecule has 0 atom stereocenters. The number of fused-ring (bicyclic) bond motifs is 1. The molecule has 3 aromatic heterocycles. The first kappa shape index (κ1) is 22.2. The van der Waals surface area contributed by atoms with Crippen molar-refractivity contribution in [1.29, 1.82) is 0 Å². The number of benzene rings is 1. The first-order valence-electron chi connectivity index (χ1n) is 11.2. The maximum atomic E-state index is 13.1. The number of pyridine rings is 1. The largest absolute Gasteiger partial charge is 0.353 e. The van der Waals surface area contributed by atoms with Crippen LogP contribution in [0.4, 0.5) is 16.0 Å². The molecule has 1 fully saturated rings. The molecule has 0 spiro atoms. The smallest absolute Gasteiger partial charge is 0.261 e. The second-order valence-corrected chi connectivity index (χ2v) is 9.30. The number of carbonyl (C=O) groups is 1. The number of thiophene rings is 1. The molecule has 1 aliphatic heterocycles. The van der Waals surface area contributed by atoms with Crippen LogP contribution in [0.2, 0.25) is 0 Å². The molecule has 4 aromatic rings. The highest BCUT2D eigenvalue weighted by Gasteiger charge is 2.25. The van der Waals surface area contributed by atoms with Crippen molar-refractivity contribution in [2.24, 2.45) is 0 Å². The molecule has 5 rings (SSSR count). The van der Waals surface area contributed by atoms with Crippen molar-refractivity contribution in [3.05, 3.63) is 76.3 Å². The van der Waals surface area contributed by atoms with E-state index in [9.17, 15) is 9.18 Å². The third-order valence-corrected chi connectivity index (χ3v) is 7.19. The molecular weight excluding hydrogens is 451 g/mol. The molecule has 0 saturated carbocycles. The normalized spacial score (nSPS) is 14.0. The Morgan fingerprint density at radius 1 is 1.03 bits per heavy atom. The van der Waals surface area contributed by atoms with Crippen LogP contribution in [0.15, 0.2) is 48.7 Å². The van der Waals surface area contributed by atoms with Gasteiger partial charge >= 0.3 is 0 Å². The number of carbonyl (C=O) groups excluding carboxylic acids is 1.